The van der Waals surface area contributed by atoms with E-state index in [1.54, 1.807) is 54.6 Å². The van der Waals surface area contributed by atoms with E-state index in [1.165, 1.54) is 13.0 Å². The minimum absolute atomic E-state index is 0.0234. The smallest absolute Gasteiger partial charge is 0.331 e. The Kier molecular flexibility index (Phi) is 6.95. The first-order chi connectivity index (χ1) is 12.6. The number of carbonyl (C=O) groups excluding carboxylic acids is 2. The fourth-order valence-electron chi connectivity index (χ4n) is 1.99. The lowest BCUT2D eigenvalue weighted by molar-refractivity contribution is -0.148. The fourth-order valence-corrected chi connectivity index (χ4v) is 1.99. The van der Waals surface area contributed by atoms with Crippen molar-refractivity contribution in [3.63, 3.8) is 0 Å². The predicted octanol–water partition coefficient (Wildman–Crippen LogP) is 3.17. The Hall–Kier alpha value is -3.59. The van der Waals surface area contributed by atoms with Gasteiger partial charge in [-0.15, -0.1) is 0 Å². The SMILES string of the molecule is CC(OC(=O)/C=C/c1ccc(OCC#N)cc1)C(=O)Nc1ccccc1. The third-order valence-corrected chi connectivity index (χ3v) is 3.30. The summed E-state index contributed by atoms with van der Waals surface area (Å²) in [6.07, 6.45) is 1.89. The largest absolute Gasteiger partial charge is 0.479 e. The molecule has 2 rings (SSSR count). The quantitative estimate of drug-likeness (QED) is 0.612. The second kappa shape index (κ2) is 9.64. The Morgan fingerprint density at radius 1 is 1.15 bits per heavy atom. The van der Waals surface area contributed by atoms with E-state index in [1.807, 2.05) is 12.1 Å². The van der Waals surface area contributed by atoms with Crippen LogP contribution in [0.1, 0.15) is 12.5 Å². The molecule has 1 atom stereocenters. The number of nitrogens with zero attached hydrogens (tertiary/aromatic N) is 1. The summed E-state index contributed by atoms with van der Waals surface area (Å²) in [4.78, 5) is 23.8. The zero-order valence-corrected chi connectivity index (χ0v) is 14.2. The maximum Gasteiger partial charge on any atom is 0.331 e. The predicted molar refractivity (Wildman–Crippen MR) is 97.2 cm³/mol. The minimum atomic E-state index is -0.922. The van der Waals surface area contributed by atoms with Crippen LogP contribution in [0.3, 0.4) is 0 Å². The molecule has 0 spiro atoms. The van der Waals surface area contributed by atoms with E-state index in [0.717, 1.165) is 5.56 Å². The molecule has 0 heterocycles. The van der Waals surface area contributed by atoms with Gasteiger partial charge in [-0.3, -0.25) is 4.79 Å². The lowest BCUT2D eigenvalue weighted by atomic mass is 10.2. The van der Waals surface area contributed by atoms with Crippen molar-refractivity contribution in [2.24, 2.45) is 0 Å². The summed E-state index contributed by atoms with van der Waals surface area (Å²) < 4.78 is 10.2. The van der Waals surface area contributed by atoms with E-state index >= 15 is 0 Å². The Balaban J connectivity index is 1.84. The molecule has 6 nitrogen and oxygen atoms in total. The first-order valence-electron chi connectivity index (χ1n) is 7.93. The molecule has 0 aliphatic carbocycles. The van der Waals surface area contributed by atoms with Gasteiger partial charge in [-0.2, -0.15) is 5.26 Å². The normalized spacial score (nSPS) is 11.4. The van der Waals surface area contributed by atoms with Crippen molar-refractivity contribution >= 4 is 23.6 Å². The molecule has 0 bridgehead atoms. The molecule has 0 aliphatic rings. The van der Waals surface area contributed by atoms with Crippen LogP contribution >= 0.6 is 0 Å². The number of nitrogens with one attached hydrogen (secondary N) is 1. The highest BCUT2D eigenvalue weighted by atomic mass is 16.5. The summed E-state index contributed by atoms with van der Waals surface area (Å²) in [5.74, 6) is -0.458. The van der Waals surface area contributed by atoms with Crippen LogP contribution in [0.15, 0.2) is 60.7 Å². The second-order valence-electron chi connectivity index (χ2n) is 5.28. The zero-order valence-electron chi connectivity index (χ0n) is 14.2. The van der Waals surface area contributed by atoms with Crippen LogP contribution in [0.2, 0.25) is 0 Å². The molecule has 0 radical (unpaired) electrons. The maximum absolute atomic E-state index is 12.0. The Bertz CT molecular complexity index is 808. The van der Waals surface area contributed by atoms with Crippen LogP contribution in [-0.4, -0.2) is 24.6 Å². The van der Waals surface area contributed by atoms with Gasteiger partial charge >= 0.3 is 5.97 Å². The summed E-state index contributed by atoms with van der Waals surface area (Å²) in [6, 6.07) is 17.7. The van der Waals surface area contributed by atoms with Gasteiger partial charge in [-0.25, -0.2) is 4.79 Å². The number of carbonyl (C=O) groups is 2. The van der Waals surface area contributed by atoms with E-state index < -0.39 is 18.0 Å². The number of benzene rings is 2. The highest BCUT2D eigenvalue weighted by Crippen LogP contribution is 2.13. The van der Waals surface area contributed by atoms with E-state index in [4.69, 9.17) is 14.7 Å². The van der Waals surface area contributed by atoms with Crippen LogP contribution in [0.4, 0.5) is 5.69 Å². The van der Waals surface area contributed by atoms with Gasteiger partial charge in [0.2, 0.25) is 0 Å². The third-order valence-electron chi connectivity index (χ3n) is 3.30. The van der Waals surface area contributed by atoms with Crippen molar-refractivity contribution in [3.05, 3.63) is 66.2 Å². The highest BCUT2D eigenvalue weighted by molar-refractivity contribution is 5.96. The number of hydrogen-bond acceptors (Lipinski definition) is 5. The van der Waals surface area contributed by atoms with Crippen molar-refractivity contribution in [1.82, 2.24) is 0 Å². The second-order valence-corrected chi connectivity index (χ2v) is 5.28. The lowest BCUT2D eigenvalue weighted by Gasteiger charge is -2.12. The van der Waals surface area contributed by atoms with E-state index in [0.29, 0.717) is 11.4 Å². The molecule has 0 saturated heterocycles. The fraction of sp³-hybridized carbons (Fsp3) is 0.150. The van der Waals surface area contributed by atoms with Gasteiger partial charge in [0, 0.05) is 11.8 Å². The monoisotopic (exact) mass is 350 g/mol. The number of ether oxygens (including phenoxy) is 2. The van der Waals surface area contributed by atoms with Gasteiger partial charge in [0.25, 0.3) is 5.91 Å². The molecule has 2 aromatic carbocycles. The third kappa shape index (κ3) is 6.13. The molecular weight excluding hydrogens is 332 g/mol. The van der Waals surface area contributed by atoms with Crippen LogP contribution in [0, 0.1) is 11.3 Å². The topological polar surface area (TPSA) is 88.4 Å². The minimum Gasteiger partial charge on any atom is -0.479 e. The molecule has 1 amide bonds. The molecule has 132 valence electrons. The molecule has 1 unspecified atom stereocenters. The number of nitriles is 1. The first kappa shape index (κ1) is 18.7. The molecular formula is C20H18N2O4. The van der Waals surface area contributed by atoms with Gasteiger partial charge in [-0.05, 0) is 42.8 Å². The summed E-state index contributed by atoms with van der Waals surface area (Å²) in [5, 5.41) is 11.1. The van der Waals surface area contributed by atoms with Crippen LogP contribution in [-0.2, 0) is 14.3 Å². The standard InChI is InChI=1S/C20H18N2O4/c1-15(20(24)22-17-5-3-2-4-6-17)26-19(23)12-9-16-7-10-18(11-8-16)25-14-13-21/h2-12,15H,14H2,1H3,(H,22,24)/b12-9+. The molecule has 26 heavy (non-hydrogen) atoms. The van der Waals surface area contributed by atoms with Crippen LogP contribution in [0.25, 0.3) is 6.08 Å². The molecule has 0 aliphatic heterocycles. The van der Waals surface area contributed by atoms with Gasteiger partial charge in [0.15, 0.2) is 12.7 Å². The molecule has 0 fully saturated rings. The Labute approximate surface area is 151 Å². The summed E-state index contributed by atoms with van der Waals surface area (Å²) in [6.45, 7) is 1.48. The van der Waals surface area contributed by atoms with Crippen molar-refractivity contribution in [1.29, 1.82) is 5.26 Å². The maximum atomic E-state index is 12.0. The van der Waals surface area contributed by atoms with E-state index in [9.17, 15) is 9.59 Å². The van der Waals surface area contributed by atoms with E-state index in [-0.39, 0.29) is 6.61 Å². The van der Waals surface area contributed by atoms with Crippen molar-refractivity contribution in [2.45, 2.75) is 13.0 Å². The van der Waals surface area contributed by atoms with Crippen LogP contribution in [0.5, 0.6) is 5.75 Å². The van der Waals surface area contributed by atoms with Crippen LogP contribution < -0.4 is 10.1 Å². The summed E-state index contributed by atoms with van der Waals surface area (Å²) in [5.41, 5.74) is 1.39. The van der Waals surface area contributed by atoms with Gasteiger partial charge in [0.1, 0.15) is 11.8 Å². The van der Waals surface area contributed by atoms with Crippen molar-refractivity contribution in [2.75, 3.05) is 11.9 Å². The number of para-hydroxylation sites is 1. The molecule has 0 aromatic heterocycles. The number of rotatable bonds is 7. The number of amides is 1. The zero-order chi connectivity index (χ0) is 18.8. The Morgan fingerprint density at radius 3 is 2.50 bits per heavy atom. The van der Waals surface area contributed by atoms with E-state index in [2.05, 4.69) is 5.32 Å². The molecule has 1 N–H and O–H groups in total. The number of anilines is 1. The lowest BCUT2D eigenvalue weighted by Crippen LogP contribution is -2.29. The average Bonchev–Trinajstić information content (AvgIpc) is 2.66. The van der Waals surface area contributed by atoms with Crippen molar-refractivity contribution in [3.8, 4) is 11.8 Å². The molecule has 6 heteroatoms. The number of hydrogen-bond donors (Lipinski definition) is 1. The number of esters is 1. The van der Waals surface area contributed by atoms with Gasteiger partial charge in [0.05, 0.1) is 0 Å². The Morgan fingerprint density at radius 2 is 1.85 bits per heavy atom. The van der Waals surface area contributed by atoms with Crippen molar-refractivity contribution < 1.29 is 19.1 Å². The first-order valence-corrected chi connectivity index (χ1v) is 7.93. The highest BCUT2D eigenvalue weighted by Gasteiger charge is 2.16. The van der Waals surface area contributed by atoms with Gasteiger partial charge in [-0.1, -0.05) is 30.3 Å². The summed E-state index contributed by atoms with van der Waals surface area (Å²) >= 11 is 0. The average molecular weight is 350 g/mol. The van der Waals surface area contributed by atoms with Gasteiger partial charge < -0.3 is 14.8 Å². The summed E-state index contributed by atoms with van der Waals surface area (Å²) in [7, 11) is 0. The molecule has 0 saturated carbocycles. The molecule has 2 aromatic rings.